The first-order valence-corrected chi connectivity index (χ1v) is 19.6. The summed E-state index contributed by atoms with van der Waals surface area (Å²) in [5.74, 6) is -7.43. The summed E-state index contributed by atoms with van der Waals surface area (Å²) in [6.45, 7) is 1.19. The number of aromatic amines is 1. The maximum atomic E-state index is 14.1. The van der Waals surface area contributed by atoms with E-state index in [-0.39, 0.29) is 36.5 Å². The van der Waals surface area contributed by atoms with Crippen LogP contribution < -0.4 is 32.3 Å². The highest BCUT2D eigenvalue weighted by atomic mass is 32.1. The fourth-order valence-electron chi connectivity index (χ4n) is 6.23. The molecule has 0 unspecified atom stereocenters. The maximum Gasteiger partial charge on any atom is 0.328 e. The van der Waals surface area contributed by atoms with E-state index in [4.69, 9.17) is 10.5 Å². The molecule has 7 atom stereocenters. The molecule has 0 spiro atoms. The molecule has 1 heterocycles. The number of carbonyl (C=O) groups is 7. The molecule has 4 aromatic rings. The number of aliphatic carboxylic acids is 1. The molecule has 0 aliphatic carbocycles. The first-order valence-electron chi connectivity index (χ1n) is 19.0. The third-order valence-corrected chi connectivity index (χ3v) is 9.89. The number of carboxylic acids is 1. The van der Waals surface area contributed by atoms with Gasteiger partial charge in [0.2, 0.25) is 29.5 Å². The average Bonchev–Trinajstić information content (AvgIpc) is 3.64. The van der Waals surface area contributed by atoms with Crippen LogP contribution in [0.15, 0.2) is 79.0 Å². The second-order valence-corrected chi connectivity index (χ2v) is 14.6. The third kappa shape index (κ3) is 13.7. The Hall–Kier alpha value is -6.64. The Morgan fingerprint density at radius 3 is 1.79 bits per heavy atom. The van der Waals surface area contributed by atoms with Crippen LogP contribution in [0.4, 0.5) is 0 Å². The minimum atomic E-state index is -1.73. The number of amides is 5. The van der Waals surface area contributed by atoms with Crippen LogP contribution in [0.5, 0.6) is 11.5 Å². The number of nitrogens with two attached hydrogens (primary N) is 1. The van der Waals surface area contributed by atoms with Gasteiger partial charge in [0, 0.05) is 35.7 Å². The minimum absolute atomic E-state index is 0.00901. The fraction of sp³-hybridized carbons (Fsp3) is 0.341. The van der Waals surface area contributed by atoms with Gasteiger partial charge in [0.25, 0.3) is 0 Å². The second-order valence-electron chi connectivity index (χ2n) is 14.2. The molecule has 0 bridgehead atoms. The summed E-state index contributed by atoms with van der Waals surface area (Å²) in [5, 5.41) is 52.3. The molecule has 0 aliphatic heterocycles. The molecule has 3 aromatic carbocycles. The number of aromatic hydroxyl groups is 2. The van der Waals surface area contributed by atoms with Crippen LogP contribution in [-0.4, -0.2) is 122 Å². The number of H-pyrrole nitrogens is 1. The van der Waals surface area contributed by atoms with Gasteiger partial charge < -0.3 is 62.5 Å². The number of ether oxygens (including phenoxy) is 1. The second kappa shape index (κ2) is 22.1. The van der Waals surface area contributed by atoms with E-state index in [1.807, 2.05) is 0 Å². The maximum absolute atomic E-state index is 14.1. The predicted octanol–water partition coefficient (Wildman–Crippen LogP) is -0.683. The quantitative estimate of drug-likeness (QED) is 0.0366. The van der Waals surface area contributed by atoms with Crippen molar-refractivity contribution < 1.29 is 58.7 Å². The molecule has 0 saturated carbocycles. The average molecular weight is 864 g/mol. The van der Waals surface area contributed by atoms with E-state index >= 15 is 0 Å². The Morgan fingerprint density at radius 2 is 1.21 bits per heavy atom. The number of nitrogens with one attached hydrogen (secondary N) is 6. The number of aliphatic hydroxyl groups is 1. The van der Waals surface area contributed by atoms with E-state index in [2.05, 4.69) is 44.2 Å². The van der Waals surface area contributed by atoms with Crippen molar-refractivity contribution >= 4 is 65.0 Å². The summed E-state index contributed by atoms with van der Waals surface area (Å²) in [6.07, 6.45) is -1.17. The molecule has 19 nitrogen and oxygen atoms in total. The van der Waals surface area contributed by atoms with Crippen LogP contribution in [0, 0.1) is 0 Å². The molecular weight excluding hydrogens is 815 g/mol. The van der Waals surface area contributed by atoms with Gasteiger partial charge in [-0.3, -0.25) is 28.8 Å². The Bertz CT molecular complexity index is 2180. The van der Waals surface area contributed by atoms with Gasteiger partial charge in [-0.25, -0.2) is 4.79 Å². The zero-order valence-corrected chi connectivity index (χ0v) is 34.1. The lowest BCUT2D eigenvalue weighted by atomic mass is 10.0. The lowest BCUT2D eigenvalue weighted by molar-refractivity contribution is -0.145. The zero-order valence-electron chi connectivity index (χ0n) is 33.2. The summed E-state index contributed by atoms with van der Waals surface area (Å²) >= 11 is 4.17. The number of aromatic nitrogens is 1. The van der Waals surface area contributed by atoms with Crippen LogP contribution in [0.25, 0.3) is 10.9 Å². The Labute approximate surface area is 355 Å². The van der Waals surface area contributed by atoms with Crippen molar-refractivity contribution in [2.24, 2.45) is 5.73 Å². The molecular formula is C41H49N7O12S. The molecule has 12 N–H and O–H groups in total. The van der Waals surface area contributed by atoms with Gasteiger partial charge in [0.15, 0.2) is 0 Å². The van der Waals surface area contributed by atoms with Crippen molar-refractivity contribution in [1.29, 1.82) is 0 Å². The molecule has 61 heavy (non-hydrogen) atoms. The molecule has 0 saturated heterocycles. The number of phenols is 2. The molecule has 0 aliphatic rings. The summed E-state index contributed by atoms with van der Waals surface area (Å²) < 4.78 is 4.83. The fourth-order valence-corrected chi connectivity index (χ4v) is 6.49. The molecule has 20 heteroatoms. The van der Waals surface area contributed by atoms with Crippen LogP contribution >= 0.6 is 12.6 Å². The van der Waals surface area contributed by atoms with Crippen molar-refractivity contribution in [3.05, 3.63) is 95.7 Å². The minimum Gasteiger partial charge on any atom is -0.508 e. The van der Waals surface area contributed by atoms with Crippen molar-refractivity contribution in [3.63, 3.8) is 0 Å². The summed E-state index contributed by atoms with van der Waals surface area (Å²) in [7, 11) is 1.12. The van der Waals surface area contributed by atoms with Crippen molar-refractivity contribution in [2.75, 3.05) is 12.9 Å². The monoisotopic (exact) mass is 863 g/mol. The number of para-hydroxylation sites is 1. The van der Waals surface area contributed by atoms with Gasteiger partial charge in [-0.1, -0.05) is 42.5 Å². The molecule has 0 radical (unpaired) electrons. The van der Waals surface area contributed by atoms with E-state index in [1.54, 1.807) is 42.6 Å². The van der Waals surface area contributed by atoms with Crippen LogP contribution in [0.3, 0.4) is 0 Å². The number of hydrogen-bond donors (Lipinski definition) is 12. The largest absolute Gasteiger partial charge is 0.508 e. The van der Waals surface area contributed by atoms with E-state index < -0.39 is 90.3 Å². The van der Waals surface area contributed by atoms with Crippen molar-refractivity contribution in [2.45, 2.75) is 75.0 Å². The SMILES string of the molecule is COC(=O)[C@H](Cc1ccc(O)cc1)NC(=O)[C@H](CS)NC(=O)[C@@H](NC(=O)[C@H](Cc1c[nH]c2ccccc12)NC(=O)[C@H](CC(=O)O)NC(=O)[C@@H](N)Cc1ccc(O)cc1)[C@@H](C)O. The van der Waals surface area contributed by atoms with Gasteiger partial charge in [0.05, 0.1) is 25.7 Å². The molecule has 5 amide bonds. The first-order chi connectivity index (χ1) is 29.0. The number of esters is 1. The molecule has 0 fully saturated rings. The highest BCUT2D eigenvalue weighted by molar-refractivity contribution is 7.80. The lowest BCUT2D eigenvalue weighted by Crippen LogP contribution is -2.62. The van der Waals surface area contributed by atoms with Crippen LogP contribution in [0.2, 0.25) is 0 Å². The molecule has 326 valence electrons. The third-order valence-electron chi connectivity index (χ3n) is 9.53. The number of carbonyl (C=O) groups excluding carboxylic acids is 6. The van der Waals surface area contributed by atoms with E-state index in [1.165, 1.54) is 43.3 Å². The highest BCUT2D eigenvalue weighted by Gasteiger charge is 2.35. The van der Waals surface area contributed by atoms with E-state index in [9.17, 15) is 54.0 Å². The van der Waals surface area contributed by atoms with Crippen LogP contribution in [-0.2, 0) is 57.6 Å². The van der Waals surface area contributed by atoms with Gasteiger partial charge in [0.1, 0.15) is 41.7 Å². The topological polar surface area (TPSA) is 312 Å². The lowest BCUT2D eigenvalue weighted by Gasteiger charge is -2.28. The smallest absolute Gasteiger partial charge is 0.328 e. The van der Waals surface area contributed by atoms with Crippen LogP contribution in [0.1, 0.15) is 30.0 Å². The molecule has 4 rings (SSSR count). The van der Waals surface area contributed by atoms with Crippen molar-refractivity contribution in [1.82, 2.24) is 31.6 Å². The number of thiol groups is 1. The highest BCUT2D eigenvalue weighted by Crippen LogP contribution is 2.20. The number of phenolic OH excluding ortho intramolecular Hbond substituents is 2. The molecule has 1 aromatic heterocycles. The summed E-state index contributed by atoms with van der Waals surface area (Å²) in [6, 6.07) is 9.94. The van der Waals surface area contributed by atoms with Gasteiger partial charge in [-0.05, 0) is 60.4 Å². The number of fused-ring (bicyclic) bond motifs is 1. The van der Waals surface area contributed by atoms with E-state index in [0.29, 0.717) is 27.6 Å². The van der Waals surface area contributed by atoms with Gasteiger partial charge >= 0.3 is 11.9 Å². The normalized spacial score (nSPS) is 14.5. The predicted molar refractivity (Wildman–Crippen MR) is 223 cm³/mol. The number of aliphatic hydroxyl groups excluding tert-OH is 1. The zero-order chi connectivity index (χ0) is 44.8. The summed E-state index contributed by atoms with van der Waals surface area (Å²) in [5.41, 5.74) is 8.43. The number of rotatable bonds is 21. The Kier molecular flexibility index (Phi) is 17.0. The number of methoxy groups -OCH3 is 1. The number of hydrogen-bond acceptors (Lipinski definition) is 13. The standard InChI is InChI=1S/C41H49N7O12S/c1-21(49)35(40(58)47-33(20-61)39(57)46-32(41(59)60-2)16-23-9-13-26(51)14-10-23)48-38(56)30(17-24-19-43-29-6-4-3-5-27(24)29)45-37(55)31(18-34(52)53)44-36(54)28(42)15-22-7-11-25(50)12-8-22/h3-14,19,21,28,30-33,35,43,49-51,61H,15-18,20,42H2,1-2H3,(H,44,54)(H,45,55)(H,46,57)(H,47,58)(H,48,56)(H,52,53)/t21-,28+,30+,31+,32+,33+,35+/m1/s1. The Morgan fingerprint density at radius 1 is 0.689 bits per heavy atom. The van der Waals surface area contributed by atoms with E-state index in [0.717, 1.165) is 7.11 Å². The first kappa shape index (κ1) is 47.0. The Balaban J connectivity index is 1.53. The number of benzene rings is 3. The van der Waals surface area contributed by atoms with Crippen molar-refractivity contribution in [3.8, 4) is 11.5 Å². The van der Waals surface area contributed by atoms with Gasteiger partial charge in [-0.15, -0.1) is 0 Å². The summed E-state index contributed by atoms with van der Waals surface area (Å²) in [4.78, 5) is 95.5. The number of carboxylic acid groups (broad SMARTS) is 1. The van der Waals surface area contributed by atoms with Gasteiger partial charge in [-0.2, -0.15) is 12.6 Å².